The lowest BCUT2D eigenvalue weighted by Crippen LogP contribution is -1.99. The van der Waals surface area contributed by atoms with Crippen LogP contribution >= 0.6 is 0 Å². The molecular formula is C88H62N6O3. The SMILES string of the molecule is C=Cc1c(N=C(C)C)oc2c(-c3ccc(-c4cc(-c5ccccc5)ccc4-c4cc(-c5ccccc5-c5ccc(-c6cccc7c8c(oc67)N=C(C)CC8)nc5)cc(-c5ccc(-c6ccccc6)cc5-c5ccc(-c6cccc7c6oc6nc(C)ccc67)nc5)c4)cn3)cccc12. The summed E-state index contributed by atoms with van der Waals surface area (Å²) in [4.78, 5) is 30.0. The zero-order chi connectivity index (χ0) is 65.3. The van der Waals surface area contributed by atoms with Crippen molar-refractivity contribution in [3.05, 3.63) is 285 Å². The molecule has 0 fully saturated rings. The van der Waals surface area contributed by atoms with Crippen LogP contribution in [0.4, 0.5) is 11.8 Å². The molecule has 0 unspecified atom stereocenters. The second-order valence-electron chi connectivity index (χ2n) is 25.2. The van der Waals surface area contributed by atoms with Crippen molar-refractivity contribution < 1.29 is 13.3 Å². The average molecular weight is 1250 g/mol. The Labute approximate surface area is 561 Å². The van der Waals surface area contributed by atoms with Crippen molar-refractivity contribution >= 4 is 73.3 Å². The molecule has 1 aliphatic heterocycles. The molecule has 462 valence electrons. The summed E-state index contributed by atoms with van der Waals surface area (Å²) < 4.78 is 19.6. The minimum absolute atomic E-state index is 0.536. The highest BCUT2D eigenvalue weighted by Crippen LogP contribution is 2.47. The average Bonchev–Trinajstić information content (AvgIpc) is 1.72. The van der Waals surface area contributed by atoms with E-state index in [0.717, 1.165) is 197 Å². The smallest absolute Gasteiger partial charge is 0.227 e. The fraction of sp³-hybridized carbons (Fsp3) is 0.0682. The third-order valence-electron chi connectivity index (χ3n) is 18.7. The standard InChI is InChI=1S/C88H62N6O3/c1-6-65-70-24-15-27-75(83(70)95-86(65)92-52(2)3)81-42-35-60(50-90-81)78-47-57(55-18-9-7-10-19-55)32-39-68(78)63-44-62(67-23-14-13-22-66(67)59-34-41-80(89-49-59)76-28-16-25-71-73-37-30-53(4)93-87(73)96-84(71)76)45-64(46-63)69-40-33-58(56-20-11-8-12-21-56)48-79(69)61-36-43-82(91-51-61)77-29-17-26-72-74-38-31-54(5)94-88(74)97-85(72)77/h6-29,31-36,38-51H,1,30,37H2,2-5H3. The zero-order valence-corrected chi connectivity index (χ0v) is 53.9. The number of para-hydroxylation sites is 3. The molecule has 0 N–H and O–H groups in total. The second kappa shape index (κ2) is 24.1. The first-order chi connectivity index (χ1) is 47.6. The van der Waals surface area contributed by atoms with E-state index in [4.69, 9.17) is 43.2 Å². The van der Waals surface area contributed by atoms with Gasteiger partial charge < -0.3 is 13.3 Å². The Balaban J connectivity index is 0.843. The number of aryl methyl sites for hydroxylation is 2. The van der Waals surface area contributed by atoms with Crippen LogP contribution in [0.25, 0.3) is 173 Å². The minimum Gasteiger partial charge on any atom is -0.437 e. The van der Waals surface area contributed by atoms with Crippen LogP contribution in [-0.2, 0) is 6.42 Å². The number of rotatable bonds is 13. The summed E-state index contributed by atoms with van der Waals surface area (Å²) >= 11 is 0. The van der Waals surface area contributed by atoms with E-state index >= 15 is 0 Å². The molecule has 9 nitrogen and oxygen atoms in total. The van der Waals surface area contributed by atoms with E-state index in [1.54, 1.807) is 0 Å². The van der Waals surface area contributed by atoms with E-state index in [-0.39, 0.29) is 0 Å². The van der Waals surface area contributed by atoms with Crippen molar-refractivity contribution in [3.8, 4) is 123 Å². The third-order valence-corrected chi connectivity index (χ3v) is 18.7. The Morgan fingerprint density at radius 2 is 0.845 bits per heavy atom. The molecule has 9 aromatic carbocycles. The lowest BCUT2D eigenvalue weighted by Gasteiger charge is -2.19. The quantitative estimate of drug-likeness (QED) is 0.106. The van der Waals surface area contributed by atoms with Gasteiger partial charge in [-0.15, -0.1) is 0 Å². The van der Waals surface area contributed by atoms with Crippen LogP contribution in [0.2, 0.25) is 0 Å². The fourth-order valence-electron chi connectivity index (χ4n) is 13.9. The predicted octanol–water partition coefficient (Wildman–Crippen LogP) is 24.1. The largest absolute Gasteiger partial charge is 0.437 e. The number of nitrogens with zero attached hydrogens (tertiary/aromatic N) is 6. The highest BCUT2D eigenvalue weighted by Gasteiger charge is 2.24. The van der Waals surface area contributed by atoms with Gasteiger partial charge in [0.1, 0.15) is 16.7 Å². The van der Waals surface area contributed by atoms with Gasteiger partial charge in [-0.3, -0.25) is 15.0 Å². The molecule has 0 spiro atoms. The lowest BCUT2D eigenvalue weighted by molar-refractivity contribution is 0.618. The second-order valence-corrected chi connectivity index (χ2v) is 25.2. The van der Waals surface area contributed by atoms with E-state index in [1.807, 2.05) is 57.6 Å². The fourth-order valence-corrected chi connectivity index (χ4v) is 13.9. The van der Waals surface area contributed by atoms with Gasteiger partial charge in [0.25, 0.3) is 0 Å². The number of fused-ring (bicyclic) bond motifs is 7. The van der Waals surface area contributed by atoms with Crippen LogP contribution in [0, 0.1) is 6.92 Å². The topological polar surface area (TPSA) is 116 Å². The Hall–Kier alpha value is -12.5. The van der Waals surface area contributed by atoms with Crippen molar-refractivity contribution in [1.29, 1.82) is 0 Å². The number of pyridine rings is 4. The molecule has 97 heavy (non-hydrogen) atoms. The van der Waals surface area contributed by atoms with Crippen molar-refractivity contribution in [1.82, 2.24) is 19.9 Å². The highest BCUT2D eigenvalue weighted by molar-refractivity contribution is 6.09. The Morgan fingerprint density at radius 1 is 0.381 bits per heavy atom. The van der Waals surface area contributed by atoms with Gasteiger partial charge in [0.2, 0.25) is 17.5 Å². The van der Waals surface area contributed by atoms with Gasteiger partial charge in [0, 0.05) is 102 Å². The summed E-state index contributed by atoms with van der Waals surface area (Å²) in [5, 5.41) is 4.01. The maximum Gasteiger partial charge on any atom is 0.227 e. The van der Waals surface area contributed by atoms with Crippen molar-refractivity contribution in [2.45, 2.75) is 40.5 Å². The molecule has 0 atom stereocenters. The summed E-state index contributed by atoms with van der Waals surface area (Å²) in [7, 11) is 0. The van der Waals surface area contributed by atoms with E-state index < -0.39 is 0 Å². The maximum absolute atomic E-state index is 6.53. The molecule has 9 heteroatoms. The molecule has 1 aliphatic rings. The van der Waals surface area contributed by atoms with Crippen molar-refractivity contribution in [2.75, 3.05) is 0 Å². The molecule has 17 rings (SSSR count). The summed E-state index contributed by atoms with van der Waals surface area (Å²) in [6.45, 7) is 12.1. The number of hydrogen-bond acceptors (Lipinski definition) is 9. The van der Waals surface area contributed by atoms with Crippen LogP contribution < -0.4 is 0 Å². The number of aliphatic imine (C=N–C) groups is 2. The van der Waals surface area contributed by atoms with Crippen LogP contribution in [0.3, 0.4) is 0 Å². The van der Waals surface area contributed by atoms with E-state index in [0.29, 0.717) is 23.1 Å². The van der Waals surface area contributed by atoms with Gasteiger partial charge in [-0.05, 0) is 192 Å². The summed E-state index contributed by atoms with van der Waals surface area (Å²) in [5.41, 5.74) is 29.5. The molecule has 16 aromatic rings. The van der Waals surface area contributed by atoms with Crippen LogP contribution in [0.15, 0.2) is 291 Å². The van der Waals surface area contributed by atoms with Gasteiger partial charge in [-0.2, -0.15) is 0 Å². The molecule has 0 radical (unpaired) electrons. The highest BCUT2D eigenvalue weighted by atomic mass is 16.4. The molecule has 8 heterocycles. The Bertz CT molecular complexity index is 5850. The summed E-state index contributed by atoms with van der Waals surface area (Å²) in [6.07, 6.45) is 9.62. The zero-order valence-electron chi connectivity index (χ0n) is 53.9. The monoisotopic (exact) mass is 1250 g/mol. The lowest BCUT2D eigenvalue weighted by atomic mass is 9.85. The summed E-state index contributed by atoms with van der Waals surface area (Å²) in [6, 6.07) is 86.1. The van der Waals surface area contributed by atoms with E-state index in [9.17, 15) is 0 Å². The molecule has 7 aromatic heterocycles. The molecule has 0 saturated carbocycles. The molecule has 0 saturated heterocycles. The van der Waals surface area contributed by atoms with Gasteiger partial charge in [-0.1, -0.05) is 176 Å². The van der Waals surface area contributed by atoms with Gasteiger partial charge in [-0.25, -0.2) is 15.0 Å². The Kier molecular flexibility index (Phi) is 14.5. The molecule has 0 bridgehead atoms. The molecular weight excluding hydrogens is 1190 g/mol. The maximum atomic E-state index is 6.53. The van der Waals surface area contributed by atoms with Crippen LogP contribution in [0.1, 0.15) is 44.0 Å². The third kappa shape index (κ3) is 10.6. The van der Waals surface area contributed by atoms with Crippen LogP contribution in [0.5, 0.6) is 0 Å². The molecule has 0 amide bonds. The molecule has 0 aliphatic carbocycles. The van der Waals surface area contributed by atoms with Gasteiger partial charge in [0.15, 0.2) is 0 Å². The first-order valence-corrected chi connectivity index (χ1v) is 32.8. The number of furan rings is 3. The van der Waals surface area contributed by atoms with Crippen molar-refractivity contribution in [3.63, 3.8) is 0 Å². The van der Waals surface area contributed by atoms with Crippen molar-refractivity contribution in [2.24, 2.45) is 9.98 Å². The van der Waals surface area contributed by atoms with Gasteiger partial charge >= 0.3 is 0 Å². The number of benzene rings is 9. The number of hydrogen-bond donors (Lipinski definition) is 0. The first-order valence-electron chi connectivity index (χ1n) is 32.8. The first kappa shape index (κ1) is 58.4. The van der Waals surface area contributed by atoms with E-state index in [1.165, 1.54) is 0 Å². The summed E-state index contributed by atoms with van der Waals surface area (Å²) in [5.74, 6) is 1.24. The minimum atomic E-state index is 0.536. The van der Waals surface area contributed by atoms with Gasteiger partial charge in [0.05, 0.1) is 17.1 Å². The van der Waals surface area contributed by atoms with E-state index in [2.05, 4.69) is 244 Å². The number of aromatic nitrogens is 4. The predicted molar refractivity (Wildman–Crippen MR) is 399 cm³/mol. The van der Waals surface area contributed by atoms with Crippen LogP contribution in [-0.4, -0.2) is 31.4 Å². The Morgan fingerprint density at radius 3 is 1.37 bits per heavy atom. The normalized spacial score (nSPS) is 12.1.